The van der Waals surface area contributed by atoms with Gasteiger partial charge >= 0.3 is 0 Å². The van der Waals surface area contributed by atoms with Crippen LogP contribution in [0, 0.1) is 12.8 Å². The van der Waals surface area contributed by atoms with Gasteiger partial charge in [0.05, 0.1) is 5.69 Å². The summed E-state index contributed by atoms with van der Waals surface area (Å²) in [5, 5.41) is 13.8. The third-order valence-electron chi connectivity index (χ3n) is 2.40. The molecule has 1 heterocycles. The maximum atomic E-state index is 11.8. The van der Waals surface area contributed by atoms with Gasteiger partial charge in [-0.15, -0.1) is 0 Å². The van der Waals surface area contributed by atoms with Crippen LogP contribution in [-0.2, 0) is 10.0 Å². The van der Waals surface area contributed by atoms with E-state index in [1.165, 1.54) is 6.92 Å². The Morgan fingerprint density at radius 1 is 1.50 bits per heavy atom. The van der Waals surface area contributed by atoms with E-state index in [1.807, 2.05) is 13.8 Å². The molecule has 1 amide bonds. The number of nitrogens with zero attached hydrogens (tertiary/aromatic N) is 1. The van der Waals surface area contributed by atoms with Gasteiger partial charge in [0.1, 0.15) is 4.90 Å². The van der Waals surface area contributed by atoms with Crippen molar-refractivity contribution in [3.63, 3.8) is 0 Å². The molecule has 0 fully saturated rings. The average Bonchev–Trinajstić information content (AvgIpc) is 2.58. The molecule has 7 nitrogen and oxygen atoms in total. The fraction of sp³-hybridized carbons (Fsp3) is 0.600. The highest BCUT2D eigenvalue weighted by Gasteiger charge is 2.25. The van der Waals surface area contributed by atoms with Crippen LogP contribution in [0.25, 0.3) is 0 Å². The summed E-state index contributed by atoms with van der Waals surface area (Å²) < 4.78 is 22.7. The Hall–Kier alpha value is -1.41. The SMILES string of the molecule is Cc1[nH]nc(C(=O)NCCC(C)C)c1S(N)(=O)=O. The summed E-state index contributed by atoms with van der Waals surface area (Å²) in [5.74, 6) is -0.0899. The van der Waals surface area contributed by atoms with Gasteiger partial charge in [-0.05, 0) is 19.3 Å². The van der Waals surface area contributed by atoms with Gasteiger partial charge in [-0.3, -0.25) is 9.89 Å². The summed E-state index contributed by atoms with van der Waals surface area (Å²) in [6, 6.07) is 0. The smallest absolute Gasteiger partial charge is 0.273 e. The van der Waals surface area contributed by atoms with Crippen molar-refractivity contribution in [3.8, 4) is 0 Å². The average molecular weight is 274 g/mol. The Bertz CT molecular complexity index is 533. The monoisotopic (exact) mass is 274 g/mol. The molecule has 18 heavy (non-hydrogen) atoms. The number of nitrogens with one attached hydrogen (secondary N) is 2. The predicted octanol–water partition coefficient (Wildman–Crippen LogP) is 0.141. The number of aromatic nitrogens is 2. The number of primary sulfonamides is 1. The van der Waals surface area contributed by atoms with E-state index in [1.54, 1.807) is 0 Å². The predicted molar refractivity (Wildman–Crippen MR) is 66.5 cm³/mol. The highest BCUT2D eigenvalue weighted by atomic mass is 32.2. The molecule has 0 aromatic carbocycles. The molecule has 0 bridgehead atoms. The van der Waals surface area contributed by atoms with E-state index in [2.05, 4.69) is 15.5 Å². The fourth-order valence-corrected chi connectivity index (χ4v) is 2.36. The largest absolute Gasteiger partial charge is 0.351 e. The van der Waals surface area contributed by atoms with Crippen molar-refractivity contribution in [3.05, 3.63) is 11.4 Å². The quantitative estimate of drug-likeness (QED) is 0.707. The van der Waals surface area contributed by atoms with Gasteiger partial charge in [0.25, 0.3) is 5.91 Å². The molecule has 0 aliphatic heterocycles. The first-order valence-electron chi connectivity index (χ1n) is 5.59. The molecule has 0 atom stereocenters. The van der Waals surface area contributed by atoms with E-state index >= 15 is 0 Å². The van der Waals surface area contributed by atoms with E-state index < -0.39 is 15.9 Å². The van der Waals surface area contributed by atoms with Gasteiger partial charge in [-0.2, -0.15) is 5.10 Å². The van der Waals surface area contributed by atoms with Gasteiger partial charge in [-0.1, -0.05) is 13.8 Å². The molecule has 1 aromatic heterocycles. The van der Waals surface area contributed by atoms with Crippen molar-refractivity contribution in [2.45, 2.75) is 32.1 Å². The number of carbonyl (C=O) groups is 1. The lowest BCUT2D eigenvalue weighted by Gasteiger charge is -2.06. The van der Waals surface area contributed by atoms with Crippen LogP contribution in [0.1, 0.15) is 36.5 Å². The van der Waals surface area contributed by atoms with Crippen molar-refractivity contribution < 1.29 is 13.2 Å². The van der Waals surface area contributed by atoms with E-state index in [4.69, 9.17) is 5.14 Å². The first-order chi connectivity index (χ1) is 8.23. The van der Waals surface area contributed by atoms with E-state index in [0.717, 1.165) is 6.42 Å². The molecule has 0 aliphatic rings. The summed E-state index contributed by atoms with van der Waals surface area (Å²) in [7, 11) is -3.96. The summed E-state index contributed by atoms with van der Waals surface area (Å²) in [6.07, 6.45) is 0.805. The third kappa shape index (κ3) is 3.54. The van der Waals surface area contributed by atoms with Crippen LogP contribution in [0.4, 0.5) is 0 Å². The highest BCUT2D eigenvalue weighted by Crippen LogP contribution is 2.15. The third-order valence-corrected chi connectivity index (χ3v) is 3.47. The molecule has 1 rings (SSSR count). The molecule has 0 saturated heterocycles. The molecular weight excluding hydrogens is 256 g/mol. The van der Waals surface area contributed by atoms with Crippen LogP contribution in [0.5, 0.6) is 0 Å². The van der Waals surface area contributed by atoms with Crippen molar-refractivity contribution in [1.82, 2.24) is 15.5 Å². The normalized spacial score (nSPS) is 11.8. The lowest BCUT2D eigenvalue weighted by molar-refractivity contribution is 0.0943. The molecule has 0 radical (unpaired) electrons. The van der Waals surface area contributed by atoms with Gasteiger partial charge in [0.2, 0.25) is 10.0 Å². The van der Waals surface area contributed by atoms with Crippen molar-refractivity contribution in [1.29, 1.82) is 0 Å². The van der Waals surface area contributed by atoms with Gasteiger partial charge < -0.3 is 5.32 Å². The molecule has 0 unspecified atom stereocenters. The minimum atomic E-state index is -3.96. The van der Waals surface area contributed by atoms with Crippen molar-refractivity contribution in [2.24, 2.45) is 11.1 Å². The number of hydrogen-bond acceptors (Lipinski definition) is 4. The van der Waals surface area contributed by atoms with Crippen molar-refractivity contribution >= 4 is 15.9 Å². The number of H-pyrrole nitrogens is 1. The molecular formula is C10H18N4O3S. The molecule has 102 valence electrons. The standard InChI is InChI=1S/C10H18N4O3S/c1-6(2)4-5-12-10(15)8-9(18(11,16)17)7(3)13-14-8/h6H,4-5H2,1-3H3,(H,12,15)(H,13,14)(H2,11,16,17). The van der Waals surface area contributed by atoms with Crippen LogP contribution in [-0.4, -0.2) is 31.1 Å². The minimum Gasteiger partial charge on any atom is -0.351 e. The van der Waals surface area contributed by atoms with Crippen LogP contribution in [0.2, 0.25) is 0 Å². The number of sulfonamides is 1. The molecule has 0 saturated carbocycles. The Morgan fingerprint density at radius 3 is 2.61 bits per heavy atom. The molecule has 1 aromatic rings. The van der Waals surface area contributed by atoms with E-state index in [-0.39, 0.29) is 16.3 Å². The second-order valence-electron chi connectivity index (χ2n) is 4.51. The number of nitrogens with two attached hydrogens (primary N) is 1. The number of aromatic amines is 1. The van der Waals surface area contributed by atoms with E-state index in [9.17, 15) is 13.2 Å². The first kappa shape index (κ1) is 14.7. The van der Waals surface area contributed by atoms with Crippen LogP contribution in [0.3, 0.4) is 0 Å². The molecule has 0 spiro atoms. The summed E-state index contributed by atoms with van der Waals surface area (Å²) in [6.45, 7) is 6.02. The summed E-state index contributed by atoms with van der Waals surface area (Å²) >= 11 is 0. The Balaban J connectivity index is 2.88. The molecule has 0 aliphatic carbocycles. The van der Waals surface area contributed by atoms with Gasteiger partial charge in [0.15, 0.2) is 5.69 Å². The molecule has 4 N–H and O–H groups in total. The maximum absolute atomic E-state index is 11.8. The highest BCUT2D eigenvalue weighted by molar-refractivity contribution is 7.89. The number of hydrogen-bond donors (Lipinski definition) is 3. The summed E-state index contributed by atoms with van der Waals surface area (Å²) in [5.41, 5.74) is 0.0743. The lowest BCUT2D eigenvalue weighted by atomic mass is 10.1. The van der Waals surface area contributed by atoms with Crippen LogP contribution >= 0.6 is 0 Å². The number of carbonyl (C=O) groups excluding carboxylic acids is 1. The van der Waals surface area contributed by atoms with Crippen LogP contribution in [0.15, 0.2) is 4.90 Å². The molecule has 8 heteroatoms. The zero-order valence-electron chi connectivity index (χ0n) is 10.6. The van der Waals surface area contributed by atoms with Crippen molar-refractivity contribution in [2.75, 3.05) is 6.54 Å². The Kier molecular flexibility index (Phi) is 4.47. The first-order valence-corrected chi connectivity index (χ1v) is 7.14. The Morgan fingerprint density at radius 2 is 2.11 bits per heavy atom. The second kappa shape index (κ2) is 5.49. The van der Waals surface area contributed by atoms with Gasteiger partial charge in [0, 0.05) is 6.54 Å². The second-order valence-corrected chi connectivity index (χ2v) is 6.01. The van der Waals surface area contributed by atoms with Gasteiger partial charge in [-0.25, -0.2) is 13.6 Å². The number of rotatable bonds is 5. The number of aryl methyl sites for hydroxylation is 1. The fourth-order valence-electron chi connectivity index (χ4n) is 1.48. The Labute approximate surface area is 106 Å². The topological polar surface area (TPSA) is 118 Å². The zero-order valence-corrected chi connectivity index (χ0v) is 11.5. The van der Waals surface area contributed by atoms with Crippen LogP contribution < -0.4 is 10.5 Å². The lowest BCUT2D eigenvalue weighted by Crippen LogP contribution is -2.28. The maximum Gasteiger partial charge on any atom is 0.273 e. The summed E-state index contributed by atoms with van der Waals surface area (Å²) in [4.78, 5) is 11.5. The zero-order chi connectivity index (χ0) is 13.9. The minimum absolute atomic E-state index is 0.182. The van der Waals surface area contributed by atoms with E-state index in [0.29, 0.717) is 12.5 Å². The number of amides is 1.